The van der Waals surface area contributed by atoms with Gasteiger partial charge < -0.3 is 14.2 Å². The Labute approximate surface area is 347 Å². The number of carbonyl (C=O) groups excluding carboxylic acids is 3. The molecule has 0 aliphatic rings. The topological polar surface area (TPSA) is 78.9 Å². The lowest BCUT2D eigenvalue weighted by molar-refractivity contribution is -0.167. The van der Waals surface area contributed by atoms with E-state index < -0.39 is 6.10 Å². The van der Waals surface area contributed by atoms with Gasteiger partial charge in [0.15, 0.2) is 6.10 Å². The van der Waals surface area contributed by atoms with E-state index in [2.05, 4.69) is 45.1 Å². The normalized spacial score (nSPS) is 12.1. The maximum absolute atomic E-state index is 12.7. The number of hydrogen-bond donors (Lipinski definition) is 0. The van der Waals surface area contributed by atoms with Gasteiger partial charge in [0.25, 0.3) is 0 Å². The van der Waals surface area contributed by atoms with Gasteiger partial charge in [0.05, 0.1) is 0 Å². The van der Waals surface area contributed by atoms with Gasteiger partial charge >= 0.3 is 17.9 Å². The number of allylic oxidation sites excluding steroid dienone is 4. The van der Waals surface area contributed by atoms with Crippen molar-refractivity contribution < 1.29 is 28.6 Å². The minimum atomic E-state index is -0.772. The predicted molar refractivity (Wildman–Crippen MR) is 238 cm³/mol. The van der Waals surface area contributed by atoms with E-state index >= 15 is 0 Å². The molecule has 6 nitrogen and oxygen atoms in total. The molecule has 0 saturated carbocycles. The maximum atomic E-state index is 12.7. The third kappa shape index (κ3) is 43.0. The molecule has 0 N–H and O–H groups in total. The molecule has 0 saturated heterocycles. The zero-order valence-electron chi connectivity index (χ0n) is 37.4. The van der Waals surface area contributed by atoms with E-state index in [9.17, 15) is 14.4 Å². The van der Waals surface area contributed by atoms with Crippen molar-refractivity contribution in [1.82, 2.24) is 0 Å². The fourth-order valence-electron chi connectivity index (χ4n) is 6.95. The van der Waals surface area contributed by atoms with Crippen LogP contribution in [-0.2, 0) is 28.6 Å². The first-order chi connectivity index (χ1) is 27.5. The van der Waals surface area contributed by atoms with Gasteiger partial charge in [-0.2, -0.15) is 0 Å². The second kappa shape index (κ2) is 45.6. The van der Waals surface area contributed by atoms with Crippen LogP contribution in [0.5, 0.6) is 0 Å². The molecule has 1 atom stereocenters. The molecule has 6 heteroatoms. The Morgan fingerprint density at radius 3 is 0.964 bits per heavy atom. The van der Waals surface area contributed by atoms with Crippen LogP contribution in [0.2, 0.25) is 0 Å². The van der Waals surface area contributed by atoms with E-state index in [-0.39, 0.29) is 31.1 Å². The van der Waals surface area contributed by atoms with Crippen LogP contribution >= 0.6 is 0 Å². The molecule has 0 aliphatic heterocycles. The first-order valence-electron chi connectivity index (χ1n) is 24.3. The predicted octanol–water partition coefficient (Wildman–Crippen LogP) is 15.6. The van der Waals surface area contributed by atoms with E-state index in [1.165, 1.54) is 148 Å². The van der Waals surface area contributed by atoms with Crippen molar-refractivity contribution in [3.05, 3.63) is 24.3 Å². The minimum absolute atomic E-state index is 0.0739. The smallest absolute Gasteiger partial charge is 0.306 e. The molecule has 0 rings (SSSR count). The number of esters is 3. The Morgan fingerprint density at radius 1 is 0.339 bits per heavy atom. The van der Waals surface area contributed by atoms with Crippen LogP contribution in [0, 0.1) is 0 Å². The Bertz CT molecular complexity index is 911. The standard InChI is InChI=1S/C50H92O6/c1-4-7-10-13-16-19-22-24-26-28-31-34-37-40-43-49(52)55-46-47(45-54-48(51)42-39-36-33-30-27-21-18-15-12-9-6-3)56-50(53)44-41-38-35-32-29-25-23-20-17-14-11-8-5-2/h15,18,20,23,47H,4-14,16-17,19,21-22,24-46H2,1-3H3/b18-15-,23-20-. The summed E-state index contributed by atoms with van der Waals surface area (Å²) in [6.45, 7) is 6.58. The molecule has 0 heterocycles. The molecule has 1 unspecified atom stereocenters. The van der Waals surface area contributed by atoms with Crippen molar-refractivity contribution in [3.63, 3.8) is 0 Å². The Morgan fingerprint density at radius 2 is 0.607 bits per heavy atom. The van der Waals surface area contributed by atoms with E-state index in [0.29, 0.717) is 19.3 Å². The van der Waals surface area contributed by atoms with E-state index in [1.807, 2.05) is 0 Å². The molecule has 56 heavy (non-hydrogen) atoms. The number of rotatable bonds is 44. The monoisotopic (exact) mass is 789 g/mol. The zero-order valence-corrected chi connectivity index (χ0v) is 37.4. The first-order valence-corrected chi connectivity index (χ1v) is 24.3. The Hall–Kier alpha value is -2.11. The van der Waals surface area contributed by atoms with E-state index in [4.69, 9.17) is 14.2 Å². The van der Waals surface area contributed by atoms with Crippen molar-refractivity contribution >= 4 is 17.9 Å². The molecule has 0 spiro atoms. The summed E-state index contributed by atoms with van der Waals surface area (Å²) in [7, 11) is 0. The van der Waals surface area contributed by atoms with Crippen molar-refractivity contribution in [2.75, 3.05) is 13.2 Å². The summed E-state index contributed by atoms with van der Waals surface area (Å²) in [5.74, 6) is -0.885. The number of ether oxygens (including phenoxy) is 3. The molecule has 0 fully saturated rings. The molecule has 0 aromatic carbocycles. The minimum Gasteiger partial charge on any atom is -0.462 e. The molecule has 0 amide bonds. The summed E-state index contributed by atoms with van der Waals surface area (Å²) < 4.78 is 16.7. The lowest BCUT2D eigenvalue weighted by Gasteiger charge is -2.18. The molecular weight excluding hydrogens is 697 g/mol. The highest BCUT2D eigenvalue weighted by molar-refractivity contribution is 5.71. The van der Waals surface area contributed by atoms with Crippen LogP contribution in [0.25, 0.3) is 0 Å². The van der Waals surface area contributed by atoms with E-state index in [1.54, 1.807) is 0 Å². The fourth-order valence-corrected chi connectivity index (χ4v) is 6.95. The van der Waals surface area contributed by atoms with Crippen LogP contribution < -0.4 is 0 Å². The molecule has 0 aromatic rings. The van der Waals surface area contributed by atoms with Gasteiger partial charge in [-0.25, -0.2) is 0 Å². The SMILES string of the molecule is CCCC/C=C\CCCCCCCC(=O)OCC(COC(=O)CCCCCCCCCCCCCCCC)OC(=O)CCCCCCC/C=C\CCCCCC. The van der Waals surface area contributed by atoms with Gasteiger partial charge in [-0.05, 0) is 64.2 Å². The summed E-state index contributed by atoms with van der Waals surface area (Å²) in [5, 5.41) is 0. The average molecular weight is 789 g/mol. The van der Waals surface area contributed by atoms with Crippen LogP contribution in [0.1, 0.15) is 258 Å². The average Bonchev–Trinajstić information content (AvgIpc) is 3.19. The third-order valence-corrected chi connectivity index (χ3v) is 10.7. The zero-order chi connectivity index (χ0) is 40.8. The summed E-state index contributed by atoms with van der Waals surface area (Å²) in [6.07, 6.45) is 50.1. The number of hydrogen-bond acceptors (Lipinski definition) is 6. The van der Waals surface area contributed by atoms with Crippen molar-refractivity contribution in [1.29, 1.82) is 0 Å². The molecule has 0 aromatic heterocycles. The van der Waals surface area contributed by atoms with Gasteiger partial charge in [-0.3, -0.25) is 14.4 Å². The summed E-state index contributed by atoms with van der Waals surface area (Å²) in [6, 6.07) is 0. The van der Waals surface area contributed by atoms with Crippen LogP contribution in [-0.4, -0.2) is 37.2 Å². The molecule has 0 radical (unpaired) electrons. The second-order valence-corrected chi connectivity index (χ2v) is 16.4. The molecule has 0 aliphatic carbocycles. The first kappa shape index (κ1) is 53.9. The third-order valence-electron chi connectivity index (χ3n) is 10.7. The van der Waals surface area contributed by atoms with Gasteiger partial charge in [0, 0.05) is 19.3 Å². The molecular formula is C50H92O6. The van der Waals surface area contributed by atoms with Crippen LogP contribution in [0.4, 0.5) is 0 Å². The van der Waals surface area contributed by atoms with Crippen LogP contribution in [0.15, 0.2) is 24.3 Å². The van der Waals surface area contributed by atoms with Gasteiger partial charge in [0.1, 0.15) is 13.2 Å². The Balaban J connectivity index is 4.36. The number of unbranched alkanes of at least 4 members (excludes halogenated alkanes) is 29. The molecule has 0 bridgehead atoms. The van der Waals surface area contributed by atoms with Gasteiger partial charge in [0.2, 0.25) is 0 Å². The summed E-state index contributed by atoms with van der Waals surface area (Å²) >= 11 is 0. The molecule has 328 valence electrons. The highest BCUT2D eigenvalue weighted by Gasteiger charge is 2.19. The summed E-state index contributed by atoms with van der Waals surface area (Å²) in [4.78, 5) is 37.8. The quantitative estimate of drug-likeness (QED) is 0.0265. The van der Waals surface area contributed by atoms with Crippen molar-refractivity contribution in [2.45, 2.75) is 264 Å². The van der Waals surface area contributed by atoms with Gasteiger partial charge in [-0.15, -0.1) is 0 Å². The maximum Gasteiger partial charge on any atom is 0.306 e. The highest BCUT2D eigenvalue weighted by atomic mass is 16.6. The van der Waals surface area contributed by atoms with Gasteiger partial charge in [-0.1, -0.05) is 199 Å². The van der Waals surface area contributed by atoms with Crippen molar-refractivity contribution in [2.24, 2.45) is 0 Å². The Kier molecular flexibility index (Phi) is 43.9. The van der Waals surface area contributed by atoms with Crippen LogP contribution in [0.3, 0.4) is 0 Å². The largest absolute Gasteiger partial charge is 0.462 e. The highest BCUT2D eigenvalue weighted by Crippen LogP contribution is 2.15. The van der Waals surface area contributed by atoms with Crippen molar-refractivity contribution in [3.8, 4) is 0 Å². The summed E-state index contributed by atoms with van der Waals surface area (Å²) in [5.41, 5.74) is 0. The second-order valence-electron chi connectivity index (χ2n) is 16.4. The fraction of sp³-hybridized carbons (Fsp3) is 0.860. The number of carbonyl (C=O) groups is 3. The lowest BCUT2D eigenvalue weighted by atomic mass is 10.0. The van der Waals surface area contributed by atoms with E-state index in [0.717, 1.165) is 70.6 Å². The lowest BCUT2D eigenvalue weighted by Crippen LogP contribution is -2.30.